The number of hydrogen-bond acceptors (Lipinski definition) is 4. The van der Waals surface area contributed by atoms with Crippen LogP contribution in [0, 0.1) is 0 Å². The average molecular weight is 334 g/mol. The number of carbonyl (C=O) groups excluding carboxylic acids is 3. The van der Waals surface area contributed by atoms with E-state index in [1.165, 1.54) is 14.0 Å². The lowest BCUT2D eigenvalue weighted by Crippen LogP contribution is -2.32. The van der Waals surface area contributed by atoms with Gasteiger partial charge in [-0.2, -0.15) is 0 Å². The lowest BCUT2D eigenvalue weighted by molar-refractivity contribution is -0.129. The molecule has 0 fully saturated rings. The molecule has 0 bridgehead atoms. The van der Waals surface area contributed by atoms with E-state index in [-0.39, 0.29) is 18.2 Å². The standard InChI is InChI=1S/C18H26N2O4/c1-4-5-6-11-20(14(2)21)12-10-17(22)19-16-9-7-8-15(13-16)18(23)24-3/h7-9,13H,4-6,10-12H2,1-3H3,(H,19,22). The van der Waals surface area contributed by atoms with Crippen molar-refractivity contribution < 1.29 is 19.1 Å². The second kappa shape index (κ2) is 10.4. The number of unbranched alkanes of at least 4 members (excludes halogenated alkanes) is 2. The Balaban J connectivity index is 2.53. The van der Waals surface area contributed by atoms with Crippen LogP contribution in [0.15, 0.2) is 24.3 Å². The smallest absolute Gasteiger partial charge is 0.337 e. The van der Waals surface area contributed by atoms with Crippen molar-refractivity contribution in [2.24, 2.45) is 0 Å². The van der Waals surface area contributed by atoms with E-state index in [2.05, 4.69) is 17.0 Å². The van der Waals surface area contributed by atoms with Crippen molar-refractivity contribution in [3.63, 3.8) is 0 Å². The van der Waals surface area contributed by atoms with Gasteiger partial charge in [-0.25, -0.2) is 4.79 Å². The number of nitrogens with zero attached hydrogens (tertiary/aromatic N) is 1. The third-order valence-corrected chi connectivity index (χ3v) is 3.65. The van der Waals surface area contributed by atoms with Crippen LogP contribution in [0.4, 0.5) is 5.69 Å². The zero-order chi connectivity index (χ0) is 17.9. The van der Waals surface area contributed by atoms with Gasteiger partial charge in [0.15, 0.2) is 0 Å². The fourth-order valence-corrected chi connectivity index (χ4v) is 2.28. The van der Waals surface area contributed by atoms with Crippen LogP contribution >= 0.6 is 0 Å². The van der Waals surface area contributed by atoms with Crippen molar-refractivity contribution in [1.29, 1.82) is 0 Å². The highest BCUT2D eigenvalue weighted by Gasteiger charge is 2.12. The molecule has 24 heavy (non-hydrogen) atoms. The van der Waals surface area contributed by atoms with Crippen molar-refractivity contribution in [1.82, 2.24) is 4.90 Å². The van der Waals surface area contributed by atoms with E-state index in [0.29, 0.717) is 24.3 Å². The number of hydrogen-bond donors (Lipinski definition) is 1. The molecular formula is C18H26N2O4. The minimum atomic E-state index is -0.454. The van der Waals surface area contributed by atoms with E-state index in [1.807, 2.05) is 0 Å². The van der Waals surface area contributed by atoms with Crippen LogP contribution < -0.4 is 5.32 Å². The third-order valence-electron chi connectivity index (χ3n) is 3.65. The Labute approximate surface area is 143 Å². The summed E-state index contributed by atoms with van der Waals surface area (Å²) in [5, 5.41) is 2.74. The first kappa shape index (κ1) is 19.7. The molecule has 0 heterocycles. The summed E-state index contributed by atoms with van der Waals surface area (Å²) in [7, 11) is 1.31. The number of methoxy groups -OCH3 is 1. The van der Waals surface area contributed by atoms with Crippen molar-refractivity contribution in [3.05, 3.63) is 29.8 Å². The van der Waals surface area contributed by atoms with Crippen LogP contribution in [0.2, 0.25) is 0 Å². The van der Waals surface area contributed by atoms with Gasteiger partial charge in [0, 0.05) is 32.1 Å². The van der Waals surface area contributed by atoms with Gasteiger partial charge in [-0.05, 0) is 24.6 Å². The minimum Gasteiger partial charge on any atom is -0.465 e. The van der Waals surface area contributed by atoms with Gasteiger partial charge < -0.3 is 15.0 Å². The molecular weight excluding hydrogens is 308 g/mol. The molecule has 0 spiro atoms. The summed E-state index contributed by atoms with van der Waals surface area (Å²) in [6.45, 7) is 4.69. The van der Waals surface area contributed by atoms with Crippen LogP contribution in [0.25, 0.3) is 0 Å². The molecule has 0 saturated carbocycles. The maximum atomic E-state index is 12.1. The lowest BCUT2D eigenvalue weighted by atomic mass is 10.2. The summed E-state index contributed by atoms with van der Waals surface area (Å²) >= 11 is 0. The summed E-state index contributed by atoms with van der Waals surface area (Å²) in [5.41, 5.74) is 0.906. The number of nitrogens with one attached hydrogen (secondary N) is 1. The molecule has 6 heteroatoms. The molecule has 2 amide bonds. The number of benzene rings is 1. The maximum absolute atomic E-state index is 12.1. The van der Waals surface area contributed by atoms with E-state index in [4.69, 9.17) is 0 Å². The first-order valence-electron chi connectivity index (χ1n) is 8.21. The van der Waals surface area contributed by atoms with E-state index < -0.39 is 5.97 Å². The Bertz CT molecular complexity index is 572. The van der Waals surface area contributed by atoms with Gasteiger partial charge in [0.05, 0.1) is 12.7 Å². The molecule has 0 aliphatic rings. The number of rotatable bonds is 9. The molecule has 1 aromatic carbocycles. The van der Waals surface area contributed by atoms with Gasteiger partial charge in [-0.15, -0.1) is 0 Å². The molecule has 132 valence electrons. The molecule has 0 aliphatic heterocycles. The Kier molecular flexibility index (Phi) is 8.54. The number of esters is 1. The highest BCUT2D eigenvalue weighted by atomic mass is 16.5. The predicted molar refractivity (Wildman–Crippen MR) is 92.8 cm³/mol. The Morgan fingerprint density at radius 3 is 2.54 bits per heavy atom. The van der Waals surface area contributed by atoms with E-state index >= 15 is 0 Å². The molecule has 0 aliphatic carbocycles. The Morgan fingerprint density at radius 2 is 1.92 bits per heavy atom. The monoisotopic (exact) mass is 334 g/mol. The molecule has 0 aromatic heterocycles. The highest BCUT2D eigenvalue weighted by molar-refractivity contribution is 5.94. The zero-order valence-corrected chi connectivity index (χ0v) is 14.6. The fraction of sp³-hybridized carbons (Fsp3) is 0.500. The summed E-state index contributed by atoms with van der Waals surface area (Å²) in [6.07, 6.45) is 3.31. The summed E-state index contributed by atoms with van der Waals surface area (Å²) in [4.78, 5) is 36.8. The van der Waals surface area contributed by atoms with Gasteiger partial charge in [0.25, 0.3) is 0 Å². The fourth-order valence-electron chi connectivity index (χ4n) is 2.28. The molecule has 0 saturated heterocycles. The SMILES string of the molecule is CCCCCN(CCC(=O)Nc1cccc(C(=O)OC)c1)C(C)=O. The molecule has 0 unspecified atom stereocenters. The van der Waals surface area contributed by atoms with Crippen LogP contribution in [-0.4, -0.2) is 42.9 Å². The Morgan fingerprint density at radius 1 is 1.17 bits per heavy atom. The normalized spacial score (nSPS) is 10.1. The minimum absolute atomic E-state index is 0.0217. The quantitative estimate of drug-likeness (QED) is 0.556. The third kappa shape index (κ3) is 6.81. The van der Waals surface area contributed by atoms with Crippen molar-refractivity contribution in [3.8, 4) is 0 Å². The number of ether oxygens (including phenoxy) is 1. The van der Waals surface area contributed by atoms with E-state index in [9.17, 15) is 14.4 Å². The van der Waals surface area contributed by atoms with Gasteiger partial charge in [0.2, 0.25) is 11.8 Å². The van der Waals surface area contributed by atoms with Gasteiger partial charge in [-0.3, -0.25) is 9.59 Å². The summed E-state index contributed by atoms with van der Waals surface area (Å²) in [6, 6.07) is 6.56. The van der Waals surface area contributed by atoms with Crippen molar-refractivity contribution in [2.75, 3.05) is 25.5 Å². The number of amides is 2. The average Bonchev–Trinajstić information content (AvgIpc) is 2.57. The Hall–Kier alpha value is -2.37. The van der Waals surface area contributed by atoms with Gasteiger partial charge in [-0.1, -0.05) is 25.8 Å². The molecule has 0 radical (unpaired) electrons. The largest absolute Gasteiger partial charge is 0.465 e. The van der Waals surface area contributed by atoms with Crippen molar-refractivity contribution in [2.45, 2.75) is 39.5 Å². The molecule has 0 atom stereocenters. The van der Waals surface area contributed by atoms with E-state index in [0.717, 1.165) is 19.3 Å². The number of carbonyl (C=O) groups is 3. The molecule has 6 nitrogen and oxygen atoms in total. The second-order valence-electron chi connectivity index (χ2n) is 5.58. The van der Waals surface area contributed by atoms with Crippen LogP contribution in [0.1, 0.15) is 49.9 Å². The highest BCUT2D eigenvalue weighted by Crippen LogP contribution is 2.12. The number of anilines is 1. The second-order valence-corrected chi connectivity index (χ2v) is 5.58. The first-order chi connectivity index (χ1) is 11.5. The van der Waals surface area contributed by atoms with Gasteiger partial charge in [0.1, 0.15) is 0 Å². The first-order valence-corrected chi connectivity index (χ1v) is 8.21. The molecule has 1 aromatic rings. The predicted octanol–water partition coefficient (Wildman–Crippen LogP) is 2.84. The zero-order valence-electron chi connectivity index (χ0n) is 14.6. The van der Waals surface area contributed by atoms with Crippen LogP contribution in [0.3, 0.4) is 0 Å². The summed E-state index contributed by atoms with van der Waals surface area (Å²) in [5.74, 6) is -0.671. The topological polar surface area (TPSA) is 75.7 Å². The molecule has 1 rings (SSSR count). The van der Waals surface area contributed by atoms with Gasteiger partial charge >= 0.3 is 5.97 Å². The van der Waals surface area contributed by atoms with E-state index in [1.54, 1.807) is 29.2 Å². The lowest BCUT2D eigenvalue weighted by Gasteiger charge is -2.20. The maximum Gasteiger partial charge on any atom is 0.337 e. The van der Waals surface area contributed by atoms with Crippen molar-refractivity contribution >= 4 is 23.5 Å². The summed E-state index contributed by atoms with van der Waals surface area (Å²) < 4.78 is 4.65. The van der Waals surface area contributed by atoms with Crippen LogP contribution in [-0.2, 0) is 14.3 Å². The van der Waals surface area contributed by atoms with Crippen LogP contribution in [0.5, 0.6) is 0 Å². The molecule has 1 N–H and O–H groups in total.